The predicted octanol–water partition coefficient (Wildman–Crippen LogP) is 2.90. The van der Waals surface area contributed by atoms with Gasteiger partial charge in [-0.15, -0.1) is 0 Å². The van der Waals surface area contributed by atoms with E-state index in [9.17, 15) is 0 Å². The van der Waals surface area contributed by atoms with Crippen LogP contribution >= 0.6 is 11.6 Å². The normalized spacial score (nSPS) is 11.1. The average Bonchev–Trinajstić information content (AvgIpc) is 3.29. The van der Waals surface area contributed by atoms with Gasteiger partial charge in [-0.2, -0.15) is 10.1 Å². The van der Waals surface area contributed by atoms with Gasteiger partial charge >= 0.3 is 0 Å². The molecular weight excluding hydrogens is 328 g/mol. The second-order valence-corrected chi connectivity index (χ2v) is 5.77. The first kappa shape index (κ1) is 14.6. The molecule has 4 aromatic rings. The number of aryl methyl sites for hydroxylation is 1. The molecule has 0 saturated carbocycles. The summed E-state index contributed by atoms with van der Waals surface area (Å²) < 4.78 is 8.96. The number of nitrogens with zero attached hydrogens (tertiary/aromatic N) is 6. The Morgan fingerprint density at radius 2 is 2.17 bits per heavy atom. The zero-order valence-electron chi connectivity index (χ0n) is 12.8. The monoisotopic (exact) mass is 340 g/mol. The lowest BCUT2D eigenvalue weighted by molar-refractivity contribution is 0.384. The van der Waals surface area contributed by atoms with Crippen LogP contribution in [0.15, 0.2) is 53.7 Å². The van der Waals surface area contributed by atoms with Crippen LogP contribution in [0.25, 0.3) is 17.1 Å². The smallest absolute Gasteiger partial charge is 0.232 e. The van der Waals surface area contributed by atoms with Crippen molar-refractivity contribution in [2.24, 2.45) is 7.05 Å². The van der Waals surface area contributed by atoms with Crippen molar-refractivity contribution in [2.45, 2.75) is 6.42 Å². The largest absolute Gasteiger partial charge is 0.339 e. The summed E-state index contributed by atoms with van der Waals surface area (Å²) in [6, 6.07) is 7.45. The van der Waals surface area contributed by atoms with Crippen LogP contribution in [0.1, 0.15) is 11.6 Å². The van der Waals surface area contributed by atoms with Gasteiger partial charge in [0, 0.05) is 30.2 Å². The van der Waals surface area contributed by atoms with E-state index in [0.717, 1.165) is 16.9 Å². The van der Waals surface area contributed by atoms with Gasteiger partial charge in [0.1, 0.15) is 0 Å². The lowest BCUT2D eigenvalue weighted by Crippen LogP contribution is -1.96. The summed E-state index contributed by atoms with van der Waals surface area (Å²) in [5.41, 5.74) is 2.64. The molecule has 0 saturated heterocycles. The molecule has 3 heterocycles. The van der Waals surface area contributed by atoms with Gasteiger partial charge in [-0.25, -0.2) is 9.67 Å². The van der Waals surface area contributed by atoms with Crippen molar-refractivity contribution in [3.63, 3.8) is 0 Å². The summed E-state index contributed by atoms with van der Waals surface area (Å²) in [6.45, 7) is 0. The van der Waals surface area contributed by atoms with Crippen LogP contribution in [0.5, 0.6) is 0 Å². The molecule has 0 aliphatic rings. The van der Waals surface area contributed by atoms with Crippen LogP contribution in [0, 0.1) is 0 Å². The number of aromatic nitrogens is 6. The Hall–Kier alpha value is -2.93. The van der Waals surface area contributed by atoms with Gasteiger partial charge in [-0.3, -0.25) is 0 Å². The van der Waals surface area contributed by atoms with Gasteiger partial charge in [-0.1, -0.05) is 22.8 Å². The average molecular weight is 341 g/mol. The minimum absolute atomic E-state index is 0.500. The SMILES string of the molecule is Cn1cncc1Cc1nc(-c2cnn(-c3cccc(Cl)c3)c2)no1. The van der Waals surface area contributed by atoms with Gasteiger partial charge in [-0.05, 0) is 18.2 Å². The fraction of sp³-hybridized carbons (Fsp3) is 0.125. The van der Waals surface area contributed by atoms with Crippen molar-refractivity contribution in [1.82, 2.24) is 29.5 Å². The van der Waals surface area contributed by atoms with Crippen LogP contribution in [0.3, 0.4) is 0 Å². The third-order valence-corrected chi connectivity index (χ3v) is 3.87. The quantitative estimate of drug-likeness (QED) is 0.571. The molecule has 1 aromatic carbocycles. The van der Waals surface area contributed by atoms with E-state index in [0.29, 0.717) is 23.2 Å². The predicted molar refractivity (Wildman–Crippen MR) is 87.9 cm³/mol. The minimum atomic E-state index is 0.500. The zero-order chi connectivity index (χ0) is 16.5. The van der Waals surface area contributed by atoms with Crippen LogP contribution in [0.2, 0.25) is 5.02 Å². The molecule has 0 N–H and O–H groups in total. The third kappa shape index (κ3) is 2.81. The molecule has 0 aliphatic carbocycles. The molecule has 120 valence electrons. The second kappa shape index (κ2) is 5.93. The fourth-order valence-electron chi connectivity index (χ4n) is 2.35. The molecule has 0 amide bonds. The maximum absolute atomic E-state index is 6.01. The maximum Gasteiger partial charge on any atom is 0.232 e. The molecule has 0 radical (unpaired) electrons. The molecule has 0 spiro atoms. The minimum Gasteiger partial charge on any atom is -0.339 e. The molecule has 0 bridgehead atoms. The number of hydrogen-bond acceptors (Lipinski definition) is 5. The van der Waals surface area contributed by atoms with E-state index in [1.807, 2.05) is 42.1 Å². The first-order valence-electron chi connectivity index (χ1n) is 7.28. The highest BCUT2D eigenvalue weighted by Crippen LogP contribution is 2.19. The number of hydrogen-bond donors (Lipinski definition) is 0. The zero-order valence-corrected chi connectivity index (χ0v) is 13.6. The standard InChI is InChI=1S/C16H13ClN6O/c1-22-10-18-8-14(22)6-15-20-16(21-24-15)11-7-19-23(9-11)13-4-2-3-12(17)5-13/h2-5,7-10H,6H2,1H3. The van der Waals surface area contributed by atoms with E-state index < -0.39 is 0 Å². The van der Waals surface area contributed by atoms with Crippen LogP contribution in [0.4, 0.5) is 0 Å². The van der Waals surface area contributed by atoms with Crippen molar-refractivity contribution in [1.29, 1.82) is 0 Å². The van der Waals surface area contributed by atoms with Gasteiger partial charge in [0.15, 0.2) is 0 Å². The highest BCUT2D eigenvalue weighted by Gasteiger charge is 2.13. The molecule has 8 heteroatoms. The van der Waals surface area contributed by atoms with E-state index in [2.05, 4.69) is 20.2 Å². The van der Waals surface area contributed by atoms with Crippen molar-refractivity contribution in [3.05, 3.63) is 65.8 Å². The van der Waals surface area contributed by atoms with Gasteiger partial charge in [0.05, 0.1) is 30.2 Å². The van der Waals surface area contributed by atoms with Crippen LogP contribution in [-0.2, 0) is 13.5 Å². The van der Waals surface area contributed by atoms with E-state index in [4.69, 9.17) is 16.1 Å². The summed E-state index contributed by atoms with van der Waals surface area (Å²) in [5.74, 6) is 1.03. The molecule has 0 fully saturated rings. The number of imidazole rings is 1. The summed E-state index contributed by atoms with van der Waals surface area (Å²) in [6.07, 6.45) is 7.58. The summed E-state index contributed by atoms with van der Waals surface area (Å²) in [7, 11) is 1.93. The molecule has 0 unspecified atom stereocenters. The first-order chi connectivity index (χ1) is 11.7. The Kier molecular flexibility index (Phi) is 3.62. The van der Waals surface area contributed by atoms with Crippen molar-refractivity contribution >= 4 is 11.6 Å². The van der Waals surface area contributed by atoms with E-state index in [1.165, 1.54) is 0 Å². The Labute approximate surface area is 142 Å². The molecule has 24 heavy (non-hydrogen) atoms. The molecule has 7 nitrogen and oxygen atoms in total. The molecular formula is C16H13ClN6O. The highest BCUT2D eigenvalue weighted by atomic mass is 35.5. The molecule has 0 atom stereocenters. The Morgan fingerprint density at radius 3 is 2.96 bits per heavy atom. The van der Waals surface area contributed by atoms with E-state index in [1.54, 1.807) is 23.4 Å². The Bertz CT molecular complexity index is 986. The fourth-order valence-corrected chi connectivity index (χ4v) is 2.54. The van der Waals surface area contributed by atoms with E-state index >= 15 is 0 Å². The van der Waals surface area contributed by atoms with Crippen LogP contribution < -0.4 is 0 Å². The summed E-state index contributed by atoms with van der Waals surface area (Å²) >= 11 is 6.01. The van der Waals surface area contributed by atoms with Crippen LogP contribution in [-0.4, -0.2) is 29.5 Å². The Morgan fingerprint density at radius 1 is 1.25 bits per heavy atom. The topological polar surface area (TPSA) is 74.6 Å². The number of halogens is 1. The number of rotatable bonds is 4. The number of benzene rings is 1. The van der Waals surface area contributed by atoms with Crippen molar-refractivity contribution in [2.75, 3.05) is 0 Å². The Balaban J connectivity index is 1.58. The lowest BCUT2D eigenvalue weighted by Gasteiger charge is -2.00. The highest BCUT2D eigenvalue weighted by molar-refractivity contribution is 6.30. The van der Waals surface area contributed by atoms with Crippen molar-refractivity contribution in [3.8, 4) is 17.1 Å². The first-order valence-corrected chi connectivity index (χ1v) is 7.65. The molecule has 3 aromatic heterocycles. The van der Waals surface area contributed by atoms with Gasteiger partial charge in [0.25, 0.3) is 0 Å². The third-order valence-electron chi connectivity index (χ3n) is 3.63. The molecule has 4 rings (SSSR count). The van der Waals surface area contributed by atoms with Gasteiger partial charge in [0.2, 0.25) is 11.7 Å². The maximum atomic E-state index is 6.01. The lowest BCUT2D eigenvalue weighted by atomic mass is 10.3. The van der Waals surface area contributed by atoms with E-state index in [-0.39, 0.29) is 0 Å². The van der Waals surface area contributed by atoms with Crippen molar-refractivity contribution < 1.29 is 4.52 Å². The molecule has 0 aliphatic heterocycles. The summed E-state index contributed by atoms with van der Waals surface area (Å²) in [5, 5.41) is 9.01. The van der Waals surface area contributed by atoms with Gasteiger partial charge < -0.3 is 9.09 Å². The summed E-state index contributed by atoms with van der Waals surface area (Å²) in [4.78, 5) is 8.50. The second-order valence-electron chi connectivity index (χ2n) is 5.34.